The molecule has 3 aliphatic heterocycles. The summed E-state index contributed by atoms with van der Waals surface area (Å²) >= 11 is 8.24. The van der Waals surface area contributed by atoms with E-state index in [0.717, 1.165) is 24.4 Å². The lowest BCUT2D eigenvalue weighted by molar-refractivity contribution is 0.186. The molecule has 5 nitrogen and oxygen atoms in total. The molecule has 0 amide bonds. The van der Waals surface area contributed by atoms with Crippen molar-refractivity contribution in [1.82, 2.24) is 21.3 Å². The van der Waals surface area contributed by atoms with Crippen molar-refractivity contribution in [3.05, 3.63) is 35.2 Å². The molecular formula is C13H18ClIN4O. The van der Waals surface area contributed by atoms with E-state index in [9.17, 15) is 0 Å². The zero-order chi connectivity index (χ0) is 14.1. The molecule has 4 N–H and O–H groups in total. The van der Waals surface area contributed by atoms with Crippen LogP contribution in [0.2, 0.25) is 0 Å². The quantitative estimate of drug-likeness (QED) is 0.240. The molecule has 4 atom stereocenters. The van der Waals surface area contributed by atoms with Crippen molar-refractivity contribution >= 4 is 34.6 Å². The molecule has 0 saturated heterocycles. The molecule has 0 fully saturated rings. The number of hydrogen-bond acceptors (Lipinski definition) is 5. The number of dihydropyridines is 1. The minimum Gasteiger partial charge on any atom is -0.372 e. The molecule has 3 rings (SSSR count). The molecule has 3 aliphatic rings. The minimum atomic E-state index is -0.252. The highest BCUT2D eigenvalue weighted by Crippen LogP contribution is 2.27. The van der Waals surface area contributed by atoms with Crippen molar-refractivity contribution in [3.8, 4) is 0 Å². The fourth-order valence-electron chi connectivity index (χ4n) is 2.84. The molecule has 110 valence electrons. The van der Waals surface area contributed by atoms with Gasteiger partial charge in [0.15, 0.2) is 0 Å². The van der Waals surface area contributed by atoms with E-state index in [0.29, 0.717) is 5.92 Å². The van der Waals surface area contributed by atoms with Crippen molar-refractivity contribution in [2.24, 2.45) is 5.92 Å². The Morgan fingerprint density at radius 2 is 2.30 bits per heavy atom. The third-order valence-electron chi connectivity index (χ3n) is 3.80. The highest BCUT2D eigenvalue weighted by atomic mass is 127. The van der Waals surface area contributed by atoms with Gasteiger partial charge in [-0.3, -0.25) is 8.38 Å². The van der Waals surface area contributed by atoms with Crippen LogP contribution >= 0.6 is 34.6 Å². The van der Waals surface area contributed by atoms with Gasteiger partial charge in [0.25, 0.3) is 0 Å². The smallest absolute Gasteiger partial charge is 0.149 e. The van der Waals surface area contributed by atoms with Gasteiger partial charge < -0.3 is 16.0 Å². The summed E-state index contributed by atoms with van der Waals surface area (Å²) in [5.41, 5.74) is 3.17. The van der Waals surface area contributed by atoms with Gasteiger partial charge in [-0.2, -0.15) is 0 Å². The molecule has 0 radical (unpaired) electrons. The average Bonchev–Trinajstić information content (AvgIpc) is 2.46. The van der Waals surface area contributed by atoms with Crippen LogP contribution in [0.25, 0.3) is 0 Å². The zero-order valence-electron chi connectivity index (χ0n) is 11.1. The van der Waals surface area contributed by atoms with Gasteiger partial charge in [0.05, 0.1) is 6.17 Å². The van der Waals surface area contributed by atoms with Gasteiger partial charge >= 0.3 is 0 Å². The maximum atomic E-state index is 6.31. The summed E-state index contributed by atoms with van der Waals surface area (Å²) in [4.78, 5) is 0. The van der Waals surface area contributed by atoms with E-state index in [4.69, 9.17) is 14.7 Å². The number of halogens is 2. The first-order chi connectivity index (χ1) is 9.69. The first kappa shape index (κ1) is 14.6. The molecule has 4 unspecified atom stereocenters. The second-order valence-corrected chi connectivity index (χ2v) is 6.24. The SMILES string of the molecule is CC1=CC(C2NC3=C(C(Cl)NC=C3)C(OI)N2)CNC1. The van der Waals surface area contributed by atoms with Crippen LogP contribution in [0.5, 0.6) is 0 Å². The van der Waals surface area contributed by atoms with Crippen LogP contribution in [0, 0.1) is 5.92 Å². The highest BCUT2D eigenvalue weighted by Gasteiger charge is 2.36. The summed E-state index contributed by atoms with van der Waals surface area (Å²) in [7, 11) is 0. The maximum Gasteiger partial charge on any atom is 0.149 e. The first-order valence-electron chi connectivity index (χ1n) is 6.68. The molecule has 0 saturated carbocycles. The van der Waals surface area contributed by atoms with Gasteiger partial charge in [0, 0.05) is 30.3 Å². The largest absolute Gasteiger partial charge is 0.372 e. The Morgan fingerprint density at radius 3 is 3.05 bits per heavy atom. The van der Waals surface area contributed by atoms with Gasteiger partial charge in [0.1, 0.15) is 34.7 Å². The Labute approximate surface area is 137 Å². The van der Waals surface area contributed by atoms with Crippen molar-refractivity contribution in [3.63, 3.8) is 0 Å². The molecule has 0 bridgehead atoms. The first-order valence-corrected chi connectivity index (χ1v) is 7.99. The molecule has 3 heterocycles. The van der Waals surface area contributed by atoms with E-state index < -0.39 is 0 Å². The second kappa shape index (κ2) is 6.23. The topological polar surface area (TPSA) is 57.4 Å². The average molecular weight is 409 g/mol. The standard InChI is InChI=1S/C13H18ClIN4O/c1-7-4-8(6-16-5-7)12-18-9-2-3-17-11(14)10(9)13(19-12)20-15/h2-4,8,11-13,16-19H,5-6H2,1H3. The predicted octanol–water partition coefficient (Wildman–Crippen LogP) is 1.30. The van der Waals surface area contributed by atoms with Crippen LogP contribution < -0.4 is 21.3 Å². The van der Waals surface area contributed by atoms with Gasteiger partial charge in [-0.1, -0.05) is 23.3 Å². The lowest BCUT2D eigenvalue weighted by atomic mass is 9.95. The van der Waals surface area contributed by atoms with E-state index in [1.165, 1.54) is 5.57 Å². The second-order valence-electron chi connectivity index (χ2n) is 5.30. The fraction of sp³-hybridized carbons (Fsp3) is 0.538. The molecule has 20 heavy (non-hydrogen) atoms. The number of allylic oxidation sites excluding steroid dienone is 1. The van der Waals surface area contributed by atoms with E-state index in [1.807, 2.05) is 35.3 Å². The van der Waals surface area contributed by atoms with E-state index in [2.05, 4.69) is 34.3 Å². The third kappa shape index (κ3) is 2.85. The lowest BCUT2D eigenvalue weighted by Crippen LogP contribution is -2.60. The molecule has 0 aromatic rings. The van der Waals surface area contributed by atoms with Crippen LogP contribution in [-0.4, -0.2) is 31.0 Å². The molecule has 0 aliphatic carbocycles. The molecule has 0 aromatic carbocycles. The van der Waals surface area contributed by atoms with Gasteiger partial charge in [-0.15, -0.1) is 0 Å². The van der Waals surface area contributed by atoms with E-state index in [-0.39, 0.29) is 17.9 Å². The summed E-state index contributed by atoms with van der Waals surface area (Å²) in [5, 5.41) is 13.5. The van der Waals surface area contributed by atoms with Gasteiger partial charge in [0.2, 0.25) is 0 Å². The normalized spacial score (nSPS) is 36.9. The van der Waals surface area contributed by atoms with Crippen molar-refractivity contribution in [2.75, 3.05) is 13.1 Å². The summed E-state index contributed by atoms with van der Waals surface area (Å²) < 4.78 is 5.54. The summed E-state index contributed by atoms with van der Waals surface area (Å²) in [6.45, 7) is 4.07. The Hall–Kier alpha value is -0.280. The zero-order valence-corrected chi connectivity index (χ0v) is 14.0. The van der Waals surface area contributed by atoms with Gasteiger partial charge in [-0.25, -0.2) is 0 Å². The van der Waals surface area contributed by atoms with Crippen molar-refractivity contribution < 1.29 is 3.07 Å². The van der Waals surface area contributed by atoms with Gasteiger partial charge in [-0.05, 0) is 19.2 Å². The Kier molecular flexibility index (Phi) is 4.56. The van der Waals surface area contributed by atoms with Crippen LogP contribution in [0.1, 0.15) is 6.92 Å². The van der Waals surface area contributed by atoms with Crippen LogP contribution in [0.3, 0.4) is 0 Å². The van der Waals surface area contributed by atoms with Crippen molar-refractivity contribution in [1.29, 1.82) is 0 Å². The maximum absolute atomic E-state index is 6.31. The third-order valence-corrected chi connectivity index (χ3v) is 4.67. The number of hydrogen-bond donors (Lipinski definition) is 4. The minimum absolute atomic E-state index is 0.128. The number of rotatable bonds is 2. The number of nitrogens with one attached hydrogen (secondary N) is 4. The molecular weight excluding hydrogens is 391 g/mol. The monoisotopic (exact) mass is 408 g/mol. The fourth-order valence-corrected chi connectivity index (χ4v) is 3.57. The summed E-state index contributed by atoms with van der Waals surface area (Å²) in [5.74, 6) is 0.379. The Bertz CT molecular complexity index is 479. The number of alkyl halides is 1. The van der Waals surface area contributed by atoms with Crippen molar-refractivity contribution in [2.45, 2.75) is 24.8 Å². The van der Waals surface area contributed by atoms with Crippen LogP contribution in [0.4, 0.5) is 0 Å². The van der Waals surface area contributed by atoms with E-state index >= 15 is 0 Å². The van der Waals surface area contributed by atoms with Crippen LogP contribution in [0.15, 0.2) is 35.2 Å². The Balaban J connectivity index is 1.84. The lowest BCUT2D eigenvalue weighted by Gasteiger charge is -2.41. The summed E-state index contributed by atoms with van der Waals surface area (Å²) in [6.07, 6.45) is 6.14. The molecule has 0 aromatic heterocycles. The predicted molar refractivity (Wildman–Crippen MR) is 88.0 cm³/mol. The molecule has 7 heteroatoms. The summed E-state index contributed by atoms with van der Waals surface area (Å²) in [6, 6.07) is 0. The highest BCUT2D eigenvalue weighted by molar-refractivity contribution is 14.1. The molecule has 0 spiro atoms. The van der Waals surface area contributed by atoms with Crippen LogP contribution in [-0.2, 0) is 3.07 Å². The Morgan fingerprint density at radius 1 is 1.45 bits per heavy atom. The van der Waals surface area contributed by atoms with E-state index in [1.54, 1.807) is 0 Å².